The summed E-state index contributed by atoms with van der Waals surface area (Å²) in [6.45, 7) is 2.04. The molecule has 0 bridgehead atoms. The fourth-order valence-corrected chi connectivity index (χ4v) is 3.29. The smallest absolute Gasteiger partial charge is 0.282 e. The monoisotopic (exact) mass is 482 g/mol. The molecule has 31 heavy (non-hydrogen) atoms. The maximum Gasteiger partial charge on any atom is 0.282 e. The van der Waals surface area contributed by atoms with Crippen molar-refractivity contribution in [3.8, 4) is 18.1 Å². The molecule has 0 radical (unpaired) electrons. The standard InChI is InChI=1S/C22H19BrN4O4/c1-3-5-6-21-25-19-9-7-16(23)13-18(19)22(28)26(21)24-14-15-12-17(27(29)30)8-10-20(15)31-11-4-2/h2,7-10,12-14H,3,5-6,11H2,1H3. The lowest BCUT2D eigenvalue weighted by Crippen LogP contribution is -2.22. The van der Waals surface area contributed by atoms with Crippen molar-refractivity contribution in [1.82, 2.24) is 9.66 Å². The Hall–Kier alpha value is -3.51. The minimum Gasteiger partial charge on any atom is -0.480 e. The zero-order valence-corrected chi connectivity index (χ0v) is 18.3. The number of fused-ring (bicyclic) bond motifs is 1. The van der Waals surface area contributed by atoms with E-state index >= 15 is 0 Å². The van der Waals surface area contributed by atoms with Gasteiger partial charge in [0.05, 0.1) is 22.0 Å². The van der Waals surface area contributed by atoms with E-state index in [2.05, 4.69) is 31.9 Å². The summed E-state index contributed by atoms with van der Waals surface area (Å²) in [5, 5.41) is 15.9. The van der Waals surface area contributed by atoms with Crippen molar-refractivity contribution < 1.29 is 9.66 Å². The van der Waals surface area contributed by atoms with Crippen LogP contribution in [0.4, 0.5) is 5.69 Å². The molecule has 0 saturated heterocycles. The highest BCUT2D eigenvalue weighted by atomic mass is 79.9. The first-order valence-corrected chi connectivity index (χ1v) is 10.3. The fraction of sp³-hybridized carbons (Fsp3) is 0.227. The summed E-state index contributed by atoms with van der Waals surface area (Å²) in [7, 11) is 0. The molecule has 1 heterocycles. The number of unbranched alkanes of at least 4 members (excludes halogenated alkanes) is 1. The van der Waals surface area contributed by atoms with Crippen molar-refractivity contribution >= 4 is 38.7 Å². The number of nitro groups is 1. The summed E-state index contributed by atoms with van der Waals surface area (Å²) in [5.74, 6) is 3.19. The SMILES string of the molecule is C#CCOc1ccc([N+](=O)[O-])cc1C=Nn1c(CCCC)nc2ccc(Br)cc2c1=O. The Kier molecular flexibility index (Phi) is 7.15. The molecule has 8 nitrogen and oxygen atoms in total. The van der Waals surface area contributed by atoms with E-state index in [0.717, 1.165) is 17.3 Å². The van der Waals surface area contributed by atoms with Crippen LogP contribution >= 0.6 is 15.9 Å². The van der Waals surface area contributed by atoms with Gasteiger partial charge in [0.1, 0.15) is 18.2 Å². The third-order valence-electron chi connectivity index (χ3n) is 4.46. The predicted octanol–water partition coefficient (Wildman–Crippen LogP) is 4.30. The molecular weight excluding hydrogens is 464 g/mol. The van der Waals surface area contributed by atoms with Gasteiger partial charge in [0.25, 0.3) is 11.2 Å². The third-order valence-corrected chi connectivity index (χ3v) is 4.95. The summed E-state index contributed by atoms with van der Waals surface area (Å²) in [5.41, 5.74) is 0.449. The zero-order chi connectivity index (χ0) is 22.4. The molecule has 3 rings (SSSR count). The Labute approximate surface area is 186 Å². The Morgan fingerprint density at radius 1 is 1.35 bits per heavy atom. The molecule has 0 N–H and O–H groups in total. The predicted molar refractivity (Wildman–Crippen MR) is 123 cm³/mol. The average Bonchev–Trinajstić information content (AvgIpc) is 2.76. The number of benzene rings is 2. The summed E-state index contributed by atoms with van der Waals surface area (Å²) >= 11 is 3.37. The average molecular weight is 483 g/mol. The van der Waals surface area contributed by atoms with E-state index < -0.39 is 4.92 Å². The van der Waals surface area contributed by atoms with Crippen LogP contribution in [0.3, 0.4) is 0 Å². The van der Waals surface area contributed by atoms with E-state index in [1.807, 2.05) is 13.0 Å². The minimum atomic E-state index is -0.518. The van der Waals surface area contributed by atoms with Crippen LogP contribution in [-0.4, -0.2) is 27.4 Å². The summed E-state index contributed by atoms with van der Waals surface area (Å²) in [6, 6.07) is 9.37. The number of ether oxygens (including phenoxy) is 1. The van der Waals surface area contributed by atoms with E-state index in [4.69, 9.17) is 11.2 Å². The molecule has 0 aliphatic carbocycles. The van der Waals surface area contributed by atoms with Gasteiger partial charge in [0.2, 0.25) is 0 Å². The van der Waals surface area contributed by atoms with Crippen LogP contribution in [0.25, 0.3) is 10.9 Å². The number of rotatable bonds is 8. The Balaban J connectivity index is 2.14. The number of nitro benzene ring substituents is 1. The first-order valence-electron chi connectivity index (χ1n) is 9.54. The number of aromatic nitrogens is 2. The van der Waals surface area contributed by atoms with Crippen LogP contribution < -0.4 is 10.3 Å². The van der Waals surface area contributed by atoms with Gasteiger partial charge in [-0.3, -0.25) is 14.9 Å². The second-order valence-electron chi connectivity index (χ2n) is 6.63. The van der Waals surface area contributed by atoms with Crippen LogP contribution in [-0.2, 0) is 6.42 Å². The van der Waals surface area contributed by atoms with Crippen molar-refractivity contribution in [2.75, 3.05) is 6.61 Å². The van der Waals surface area contributed by atoms with Crippen LogP contribution in [0, 0.1) is 22.5 Å². The number of terminal acetylenes is 1. The quantitative estimate of drug-likeness (QED) is 0.206. The summed E-state index contributed by atoms with van der Waals surface area (Å²) in [4.78, 5) is 28.4. The molecule has 9 heteroatoms. The highest BCUT2D eigenvalue weighted by Gasteiger charge is 2.13. The van der Waals surface area contributed by atoms with Gasteiger partial charge < -0.3 is 4.74 Å². The molecule has 0 aliphatic rings. The third kappa shape index (κ3) is 5.16. The first kappa shape index (κ1) is 22.2. The molecule has 2 aromatic carbocycles. The maximum absolute atomic E-state index is 13.1. The van der Waals surface area contributed by atoms with Crippen LogP contribution in [0.15, 0.2) is 50.8 Å². The molecule has 0 unspecified atom stereocenters. The van der Waals surface area contributed by atoms with Crippen LogP contribution in [0.2, 0.25) is 0 Å². The molecule has 0 amide bonds. The number of nitrogens with zero attached hydrogens (tertiary/aromatic N) is 4. The lowest BCUT2D eigenvalue weighted by Gasteiger charge is -2.10. The van der Waals surface area contributed by atoms with Crippen molar-refractivity contribution in [2.24, 2.45) is 5.10 Å². The van der Waals surface area contributed by atoms with Gasteiger partial charge in [-0.05, 0) is 30.7 Å². The van der Waals surface area contributed by atoms with Crippen molar-refractivity contribution in [3.63, 3.8) is 0 Å². The van der Waals surface area contributed by atoms with E-state index in [9.17, 15) is 14.9 Å². The van der Waals surface area contributed by atoms with Gasteiger partial charge in [-0.2, -0.15) is 9.78 Å². The number of hydrogen-bond donors (Lipinski definition) is 0. The number of hydrogen-bond acceptors (Lipinski definition) is 6. The van der Waals surface area contributed by atoms with Gasteiger partial charge in [0, 0.05) is 28.6 Å². The summed E-state index contributed by atoms with van der Waals surface area (Å²) < 4.78 is 7.44. The van der Waals surface area contributed by atoms with Gasteiger partial charge >= 0.3 is 0 Å². The molecule has 0 fully saturated rings. The second-order valence-corrected chi connectivity index (χ2v) is 7.54. The highest BCUT2D eigenvalue weighted by molar-refractivity contribution is 9.10. The topological polar surface area (TPSA) is 99.6 Å². The van der Waals surface area contributed by atoms with Gasteiger partial charge in [-0.15, -0.1) is 6.42 Å². The van der Waals surface area contributed by atoms with Gasteiger partial charge in [0.15, 0.2) is 0 Å². The molecule has 0 aliphatic heterocycles. The van der Waals surface area contributed by atoms with E-state index in [1.165, 1.54) is 29.1 Å². The van der Waals surface area contributed by atoms with Crippen LogP contribution in [0.5, 0.6) is 5.75 Å². The normalized spacial score (nSPS) is 11.0. The van der Waals surface area contributed by atoms with Crippen LogP contribution in [0.1, 0.15) is 31.2 Å². The lowest BCUT2D eigenvalue weighted by molar-refractivity contribution is -0.384. The molecule has 158 valence electrons. The molecule has 0 atom stereocenters. The van der Waals surface area contributed by atoms with Crippen molar-refractivity contribution in [1.29, 1.82) is 0 Å². The zero-order valence-electron chi connectivity index (χ0n) is 16.7. The Morgan fingerprint density at radius 3 is 2.87 bits per heavy atom. The van der Waals surface area contributed by atoms with E-state index in [-0.39, 0.29) is 17.9 Å². The van der Waals surface area contributed by atoms with E-state index in [0.29, 0.717) is 34.5 Å². The first-order chi connectivity index (χ1) is 14.9. The van der Waals surface area contributed by atoms with Gasteiger partial charge in [-0.25, -0.2) is 4.98 Å². The van der Waals surface area contributed by atoms with Crippen molar-refractivity contribution in [2.45, 2.75) is 26.2 Å². The molecule has 3 aromatic rings. The molecule has 0 spiro atoms. The number of aryl methyl sites for hydroxylation is 1. The Bertz CT molecular complexity index is 1260. The summed E-state index contributed by atoms with van der Waals surface area (Å²) in [6.07, 6.45) is 8.91. The highest BCUT2D eigenvalue weighted by Crippen LogP contribution is 2.23. The van der Waals surface area contributed by atoms with Gasteiger partial charge in [-0.1, -0.05) is 35.2 Å². The van der Waals surface area contributed by atoms with E-state index in [1.54, 1.807) is 12.1 Å². The maximum atomic E-state index is 13.1. The fourth-order valence-electron chi connectivity index (χ4n) is 2.93. The van der Waals surface area contributed by atoms with Crippen molar-refractivity contribution in [3.05, 3.63) is 72.7 Å². The Morgan fingerprint density at radius 2 is 2.16 bits per heavy atom. The molecule has 0 saturated carbocycles. The second kappa shape index (κ2) is 10.00. The lowest BCUT2D eigenvalue weighted by atomic mass is 10.2. The largest absolute Gasteiger partial charge is 0.480 e. The minimum absolute atomic E-state index is 0.00803. The molecular formula is C22H19BrN4O4. The number of halogens is 1. The number of non-ortho nitro benzene ring substituents is 1. The molecule has 1 aromatic heterocycles.